The lowest BCUT2D eigenvalue weighted by molar-refractivity contribution is -0.122. The molecule has 3 heterocycles. The minimum absolute atomic E-state index is 0.142. The first-order valence-electron chi connectivity index (χ1n) is 8.60. The van der Waals surface area contributed by atoms with Crippen molar-refractivity contribution in [2.24, 2.45) is 11.7 Å². The fourth-order valence-electron chi connectivity index (χ4n) is 3.18. The SMILES string of the molecule is CCc1cc(=O)[nH]c(-c2ccc(N3CC(C(N)=O)CCC3C)nc2)n1. The standard InChI is InChI=1S/C18H23N5O2/c1-3-14-8-16(24)22-18(21-14)12-6-7-15(20-9-12)23-10-13(17(19)25)5-4-11(23)2/h6-9,11,13H,3-5,10H2,1-2H3,(H2,19,25)(H,21,22,24). The number of aryl methyl sites for hydroxylation is 1. The van der Waals surface area contributed by atoms with Crippen LogP contribution in [-0.2, 0) is 11.2 Å². The van der Waals surface area contributed by atoms with Gasteiger partial charge in [-0.05, 0) is 38.3 Å². The lowest BCUT2D eigenvalue weighted by atomic mass is 9.93. The molecule has 3 rings (SSSR count). The van der Waals surface area contributed by atoms with Gasteiger partial charge in [0, 0.05) is 36.1 Å². The van der Waals surface area contributed by atoms with Gasteiger partial charge >= 0.3 is 0 Å². The number of amides is 1. The van der Waals surface area contributed by atoms with E-state index in [1.807, 2.05) is 19.1 Å². The lowest BCUT2D eigenvalue weighted by Crippen LogP contribution is -2.46. The number of primary amides is 1. The Labute approximate surface area is 146 Å². The average Bonchev–Trinajstić information content (AvgIpc) is 2.61. The monoisotopic (exact) mass is 341 g/mol. The molecule has 2 aromatic rings. The maximum atomic E-state index is 11.7. The van der Waals surface area contributed by atoms with Crippen molar-refractivity contribution < 1.29 is 4.79 Å². The van der Waals surface area contributed by atoms with Crippen molar-refractivity contribution in [1.82, 2.24) is 15.0 Å². The van der Waals surface area contributed by atoms with Crippen LogP contribution < -0.4 is 16.2 Å². The molecule has 0 aliphatic carbocycles. The van der Waals surface area contributed by atoms with Crippen molar-refractivity contribution in [2.75, 3.05) is 11.4 Å². The fraction of sp³-hybridized carbons (Fsp3) is 0.444. The highest BCUT2D eigenvalue weighted by atomic mass is 16.1. The minimum Gasteiger partial charge on any atom is -0.369 e. The van der Waals surface area contributed by atoms with Gasteiger partial charge in [0.2, 0.25) is 5.91 Å². The molecular weight excluding hydrogens is 318 g/mol. The van der Waals surface area contributed by atoms with Crippen LogP contribution in [0.4, 0.5) is 5.82 Å². The molecule has 1 saturated heterocycles. The molecule has 2 aromatic heterocycles. The minimum atomic E-state index is -0.258. The van der Waals surface area contributed by atoms with Gasteiger partial charge in [0.25, 0.3) is 5.56 Å². The van der Waals surface area contributed by atoms with Crippen LogP contribution >= 0.6 is 0 Å². The number of pyridine rings is 1. The highest BCUT2D eigenvalue weighted by molar-refractivity contribution is 5.77. The number of carbonyl (C=O) groups is 1. The maximum absolute atomic E-state index is 11.7. The molecule has 25 heavy (non-hydrogen) atoms. The summed E-state index contributed by atoms with van der Waals surface area (Å²) < 4.78 is 0. The smallest absolute Gasteiger partial charge is 0.251 e. The molecule has 2 atom stereocenters. The average molecular weight is 341 g/mol. The molecule has 0 bridgehead atoms. The highest BCUT2D eigenvalue weighted by Crippen LogP contribution is 2.27. The Morgan fingerprint density at radius 1 is 1.40 bits per heavy atom. The molecule has 2 unspecified atom stereocenters. The summed E-state index contributed by atoms with van der Waals surface area (Å²) >= 11 is 0. The quantitative estimate of drug-likeness (QED) is 0.876. The second-order valence-corrected chi connectivity index (χ2v) is 6.52. The van der Waals surface area contributed by atoms with Crippen molar-refractivity contribution in [3.8, 4) is 11.4 Å². The molecular formula is C18H23N5O2. The molecule has 1 fully saturated rings. The molecule has 1 amide bonds. The lowest BCUT2D eigenvalue weighted by Gasteiger charge is -2.37. The van der Waals surface area contributed by atoms with Crippen molar-refractivity contribution in [3.05, 3.63) is 40.4 Å². The molecule has 1 aliphatic rings. The number of carbonyl (C=O) groups excluding carboxylic acids is 1. The number of nitrogens with zero attached hydrogens (tertiary/aromatic N) is 3. The first kappa shape index (κ1) is 17.1. The van der Waals surface area contributed by atoms with Crippen LogP contribution in [0.3, 0.4) is 0 Å². The van der Waals surface area contributed by atoms with Gasteiger partial charge < -0.3 is 15.6 Å². The van der Waals surface area contributed by atoms with Gasteiger partial charge in [-0.15, -0.1) is 0 Å². The summed E-state index contributed by atoms with van der Waals surface area (Å²) in [5, 5.41) is 0. The molecule has 132 valence electrons. The zero-order valence-corrected chi connectivity index (χ0v) is 14.5. The number of piperidine rings is 1. The molecule has 7 nitrogen and oxygen atoms in total. The third-order valence-corrected chi connectivity index (χ3v) is 4.76. The second-order valence-electron chi connectivity index (χ2n) is 6.52. The van der Waals surface area contributed by atoms with Crippen molar-refractivity contribution in [2.45, 2.75) is 39.2 Å². The third kappa shape index (κ3) is 3.70. The Kier molecular flexibility index (Phi) is 4.83. The van der Waals surface area contributed by atoms with E-state index in [0.717, 1.165) is 29.9 Å². The van der Waals surface area contributed by atoms with Gasteiger partial charge in [-0.3, -0.25) is 9.59 Å². The highest BCUT2D eigenvalue weighted by Gasteiger charge is 2.29. The number of anilines is 1. The predicted molar refractivity (Wildman–Crippen MR) is 96.2 cm³/mol. The molecule has 0 radical (unpaired) electrons. The van der Waals surface area contributed by atoms with Gasteiger partial charge in [0.15, 0.2) is 0 Å². The van der Waals surface area contributed by atoms with E-state index in [-0.39, 0.29) is 17.4 Å². The zero-order valence-electron chi connectivity index (χ0n) is 14.5. The molecule has 0 saturated carbocycles. The van der Waals surface area contributed by atoms with E-state index in [2.05, 4.69) is 26.8 Å². The largest absolute Gasteiger partial charge is 0.369 e. The molecule has 0 aromatic carbocycles. The number of nitrogens with one attached hydrogen (secondary N) is 1. The first-order valence-corrected chi connectivity index (χ1v) is 8.60. The summed E-state index contributed by atoms with van der Waals surface area (Å²) in [5.41, 5.74) is 6.80. The van der Waals surface area contributed by atoms with Crippen LogP contribution in [0.15, 0.2) is 29.2 Å². The van der Waals surface area contributed by atoms with Crippen LogP contribution in [-0.4, -0.2) is 33.4 Å². The zero-order chi connectivity index (χ0) is 18.0. The number of hydrogen-bond acceptors (Lipinski definition) is 5. The Hall–Kier alpha value is -2.70. The number of H-pyrrole nitrogens is 1. The third-order valence-electron chi connectivity index (χ3n) is 4.76. The van der Waals surface area contributed by atoms with E-state index in [1.54, 1.807) is 6.20 Å². The maximum Gasteiger partial charge on any atom is 0.251 e. The summed E-state index contributed by atoms with van der Waals surface area (Å²) in [6.07, 6.45) is 4.13. The normalized spacial score (nSPS) is 20.5. The van der Waals surface area contributed by atoms with Crippen LogP contribution in [0.25, 0.3) is 11.4 Å². The molecule has 1 aliphatic heterocycles. The van der Waals surface area contributed by atoms with Crippen LogP contribution in [0.1, 0.15) is 32.4 Å². The number of aromatic nitrogens is 3. The summed E-state index contributed by atoms with van der Waals surface area (Å²) in [4.78, 5) is 37.1. The number of hydrogen-bond donors (Lipinski definition) is 2. The number of nitrogens with two attached hydrogens (primary N) is 1. The summed E-state index contributed by atoms with van der Waals surface area (Å²) in [5.74, 6) is 0.921. The van der Waals surface area contributed by atoms with Crippen LogP contribution in [0.5, 0.6) is 0 Å². The van der Waals surface area contributed by atoms with Gasteiger partial charge in [0.1, 0.15) is 11.6 Å². The topological polar surface area (TPSA) is 105 Å². The van der Waals surface area contributed by atoms with Crippen molar-refractivity contribution in [3.63, 3.8) is 0 Å². The Balaban J connectivity index is 1.86. The number of rotatable bonds is 4. The predicted octanol–water partition coefficient (Wildman–Crippen LogP) is 1.48. The van der Waals surface area contributed by atoms with Gasteiger partial charge in [0.05, 0.1) is 5.92 Å². The van der Waals surface area contributed by atoms with Crippen LogP contribution in [0.2, 0.25) is 0 Å². The van der Waals surface area contributed by atoms with Gasteiger partial charge in [-0.1, -0.05) is 6.92 Å². The number of aromatic amines is 1. The molecule has 0 spiro atoms. The van der Waals surface area contributed by atoms with Gasteiger partial charge in [-0.2, -0.15) is 0 Å². The van der Waals surface area contributed by atoms with E-state index < -0.39 is 0 Å². The van der Waals surface area contributed by atoms with Crippen molar-refractivity contribution in [1.29, 1.82) is 0 Å². The van der Waals surface area contributed by atoms with Crippen molar-refractivity contribution >= 4 is 11.7 Å². The Bertz CT molecular complexity index is 815. The van der Waals surface area contributed by atoms with E-state index in [1.165, 1.54) is 6.07 Å². The van der Waals surface area contributed by atoms with E-state index >= 15 is 0 Å². The van der Waals surface area contributed by atoms with Crippen LogP contribution in [0, 0.1) is 5.92 Å². The van der Waals surface area contributed by atoms with E-state index in [9.17, 15) is 9.59 Å². The fourth-order valence-corrected chi connectivity index (χ4v) is 3.18. The second kappa shape index (κ2) is 7.04. The Morgan fingerprint density at radius 3 is 2.84 bits per heavy atom. The van der Waals surface area contributed by atoms with E-state index in [0.29, 0.717) is 24.8 Å². The van der Waals surface area contributed by atoms with Gasteiger partial charge in [-0.25, -0.2) is 9.97 Å². The first-order chi connectivity index (χ1) is 12.0. The molecule has 7 heteroatoms. The van der Waals surface area contributed by atoms with E-state index in [4.69, 9.17) is 5.73 Å². The summed E-state index contributed by atoms with van der Waals surface area (Å²) in [6.45, 7) is 4.67. The summed E-state index contributed by atoms with van der Waals surface area (Å²) in [6, 6.07) is 5.59. The summed E-state index contributed by atoms with van der Waals surface area (Å²) in [7, 11) is 0. The Morgan fingerprint density at radius 2 is 2.20 bits per heavy atom. The molecule has 3 N–H and O–H groups in total.